The molecule has 0 unspecified atom stereocenters. The highest BCUT2D eigenvalue weighted by atomic mass is 16.4. The summed E-state index contributed by atoms with van der Waals surface area (Å²) in [5.74, 6) is -0.180. The standard InChI is InChI=1S/C6H10N2O3/c9-5-3-1-2-4-8(5)7-6(10)11/h7H,1-4H2,(H,10,11)/p-1. The second kappa shape index (κ2) is 3.23. The van der Waals surface area contributed by atoms with Gasteiger partial charge in [0.05, 0.1) is 0 Å². The predicted octanol–water partition coefficient (Wildman–Crippen LogP) is -1.15. The Bertz CT molecular complexity index is 181. The van der Waals surface area contributed by atoms with Crippen LogP contribution in [0.25, 0.3) is 0 Å². The maximum atomic E-state index is 10.9. The molecule has 0 radical (unpaired) electrons. The minimum atomic E-state index is -1.43. The van der Waals surface area contributed by atoms with Crippen molar-refractivity contribution >= 4 is 12.0 Å². The molecule has 0 aliphatic carbocycles. The minimum absolute atomic E-state index is 0.180. The molecule has 1 aliphatic heterocycles. The Morgan fingerprint density at radius 3 is 2.82 bits per heavy atom. The molecule has 62 valence electrons. The summed E-state index contributed by atoms with van der Waals surface area (Å²) in [5, 5.41) is 11.1. The molecule has 0 saturated carbocycles. The maximum Gasteiger partial charge on any atom is 0.240 e. The van der Waals surface area contributed by atoms with E-state index in [1.807, 2.05) is 5.43 Å². The summed E-state index contributed by atoms with van der Waals surface area (Å²) in [6, 6.07) is 0. The number of hydrazine groups is 1. The van der Waals surface area contributed by atoms with Crippen LogP contribution in [0.2, 0.25) is 0 Å². The van der Waals surface area contributed by atoms with Gasteiger partial charge in [0.15, 0.2) is 6.09 Å². The quantitative estimate of drug-likeness (QED) is 0.522. The van der Waals surface area contributed by atoms with E-state index in [0.29, 0.717) is 13.0 Å². The lowest BCUT2D eigenvalue weighted by molar-refractivity contribution is -0.256. The Hall–Kier alpha value is -1.26. The van der Waals surface area contributed by atoms with Gasteiger partial charge in [-0.2, -0.15) is 0 Å². The van der Waals surface area contributed by atoms with E-state index >= 15 is 0 Å². The number of rotatable bonds is 1. The molecule has 5 heteroatoms. The molecular weight excluding hydrogens is 148 g/mol. The van der Waals surface area contributed by atoms with Crippen molar-refractivity contribution in [2.24, 2.45) is 0 Å². The van der Waals surface area contributed by atoms with Gasteiger partial charge in [0.25, 0.3) is 0 Å². The third kappa shape index (κ3) is 2.10. The van der Waals surface area contributed by atoms with E-state index in [1.54, 1.807) is 0 Å². The Morgan fingerprint density at radius 1 is 1.55 bits per heavy atom. The fourth-order valence-electron chi connectivity index (χ4n) is 1.03. The van der Waals surface area contributed by atoms with Crippen LogP contribution in [-0.2, 0) is 4.79 Å². The summed E-state index contributed by atoms with van der Waals surface area (Å²) in [4.78, 5) is 20.9. The smallest absolute Gasteiger partial charge is 0.240 e. The largest absolute Gasteiger partial charge is 0.529 e. The van der Waals surface area contributed by atoms with Crippen LogP contribution in [-0.4, -0.2) is 23.6 Å². The van der Waals surface area contributed by atoms with E-state index in [-0.39, 0.29) is 5.91 Å². The molecule has 0 spiro atoms. The predicted molar refractivity (Wildman–Crippen MR) is 34.1 cm³/mol. The summed E-state index contributed by atoms with van der Waals surface area (Å²) >= 11 is 0. The number of hydrogen-bond donors (Lipinski definition) is 1. The Morgan fingerprint density at radius 2 is 2.27 bits per heavy atom. The van der Waals surface area contributed by atoms with Crippen molar-refractivity contribution in [2.75, 3.05) is 6.54 Å². The molecule has 0 aromatic carbocycles. The highest BCUT2D eigenvalue weighted by molar-refractivity contribution is 5.78. The first-order chi connectivity index (χ1) is 5.20. The number of nitrogens with one attached hydrogen (secondary N) is 1. The highest BCUT2D eigenvalue weighted by Gasteiger charge is 2.16. The van der Waals surface area contributed by atoms with Crippen molar-refractivity contribution in [1.82, 2.24) is 10.4 Å². The molecule has 1 rings (SSSR count). The van der Waals surface area contributed by atoms with E-state index in [4.69, 9.17) is 0 Å². The third-order valence-corrected chi connectivity index (χ3v) is 1.55. The zero-order chi connectivity index (χ0) is 8.27. The van der Waals surface area contributed by atoms with Gasteiger partial charge in [0.2, 0.25) is 5.91 Å². The Balaban J connectivity index is 2.42. The summed E-state index contributed by atoms with van der Waals surface area (Å²) in [6.45, 7) is 0.451. The minimum Gasteiger partial charge on any atom is -0.529 e. The molecular formula is C6H9N2O3-. The van der Waals surface area contributed by atoms with Gasteiger partial charge in [-0.15, -0.1) is 0 Å². The molecule has 1 N–H and O–H groups in total. The van der Waals surface area contributed by atoms with Gasteiger partial charge in [-0.05, 0) is 12.8 Å². The van der Waals surface area contributed by atoms with Gasteiger partial charge in [-0.3, -0.25) is 15.2 Å². The lowest BCUT2D eigenvalue weighted by Gasteiger charge is -2.27. The number of hydrogen-bond acceptors (Lipinski definition) is 3. The second-order valence-corrected chi connectivity index (χ2v) is 2.40. The van der Waals surface area contributed by atoms with Gasteiger partial charge >= 0.3 is 0 Å². The van der Waals surface area contributed by atoms with E-state index in [1.165, 1.54) is 0 Å². The van der Waals surface area contributed by atoms with Gasteiger partial charge in [0, 0.05) is 13.0 Å². The Labute approximate surface area is 64.0 Å². The van der Waals surface area contributed by atoms with Crippen LogP contribution in [0, 0.1) is 0 Å². The van der Waals surface area contributed by atoms with Gasteiger partial charge in [-0.1, -0.05) is 0 Å². The number of amides is 2. The lowest BCUT2D eigenvalue weighted by Crippen LogP contribution is -2.52. The lowest BCUT2D eigenvalue weighted by atomic mass is 10.1. The van der Waals surface area contributed by atoms with Crippen molar-refractivity contribution in [1.29, 1.82) is 0 Å². The highest BCUT2D eigenvalue weighted by Crippen LogP contribution is 2.07. The van der Waals surface area contributed by atoms with Gasteiger partial charge < -0.3 is 9.90 Å². The monoisotopic (exact) mass is 157 g/mol. The van der Waals surface area contributed by atoms with Crippen molar-refractivity contribution in [3.8, 4) is 0 Å². The summed E-state index contributed by atoms with van der Waals surface area (Å²) in [6.07, 6.45) is 0.663. The van der Waals surface area contributed by atoms with Crippen LogP contribution in [0.5, 0.6) is 0 Å². The normalized spacial score (nSPS) is 18.2. The molecule has 2 amide bonds. The van der Waals surface area contributed by atoms with Crippen molar-refractivity contribution in [3.63, 3.8) is 0 Å². The molecule has 5 nitrogen and oxygen atoms in total. The Kier molecular flexibility index (Phi) is 2.30. The first-order valence-corrected chi connectivity index (χ1v) is 3.48. The van der Waals surface area contributed by atoms with E-state index in [9.17, 15) is 14.7 Å². The van der Waals surface area contributed by atoms with E-state index in [0.717, 1.165) is 17.9 Å². The van der Waals surface area contributed by atoms with Gasteiger partial charge in [-0.25, -0.2) is 0 Å². The topological polar surface area (TPSA) is 72.5 Å². The molecule has 1 saturated heterocycles. The number of piperidine rings is 1. The third-order valence-electron chi connectivity index (χ3n) is 1.55. The molecule has 0 aromatic heterocycles. The molecule has 0 bridgehead atoms. The molecule has 0 atom stereocenters. The number of carbonyl (C=O) groups excluding carboxylic acids is 2. The number of carbonyl (C=O) groups is 2. The first kappa shape index (κ1) is 7.84. The fraction of sp³-hybridized carbons (Fsp3) is 0.667. The average molecular weight is 157 g/mol. The van der Waals surface area contributed by atoms with Crippen LogP contribution >= 0.6 is 0 Å². The van der Waals surface area contributed by atoms with Crippen LogP contribution in [0.15, 0.2) is 0 Å². The average Bonchev–Trinajstić information content (AvgIpc) is 1.93. The number of nitrogens with zero attached hydrogens (tertiary/aromatic N) is 1. The van der Waals surface area contributed by atoms with Crippen LogP contribution in [0.1, 0.15) is 19.3 Å². The summed E-state index contributed by atoms with van der Waals surface area (Å²) in [5.41, 5.74) is 1.92. The fourth-order valence-corrected chi connectivity index (χ4v) is 1.03. The molecule has 11 heavy (non-hydrogen) atoms. The summed E-state index contributed by atoms with van der Waals surface area (Å²) < 4.78 is 0. The van der Waals surface area contributed by atoms with Crippen LogP contribution < -0.4 is 10.5 Å². The molecule has 1 aliphatic rings. The zero-order valence-corrected chi connectivity index (χ0v) is 6.00. The molecule has 1 fully saturated rings. The molecule has 1 heterocycles. The van der Waals surface area contributed by atoms with Gasteiger partial charge in [0.1, 0.15) is 0 Å². The summed E-state index contributed by atoms with van der Waals surface area (Å²) in [7, 11) is 0. The number of carboxylic acid groups (broad SMARTS) is 1. The second-order valence-electron chi connectivity index (χ2n) is 2.40. The van der Waals surface area contributed by atoms with Crippen LogP contribution in [0.3, 0.4) is 0 Å². The van der Waals surface area contributed by atoms with E-state index < -0.39 is 6.09 Å². The van der Waals surface area contributed by atoms with Crippen molar-refractivity contribution in [3.05, 3.63) is 0 Å². The maximum absolute atomic E-state index is 10.9. The first-order valence-electron chi connectivity index (χ1n) is 3.48. The zero-order valence-electron chi connectivity index (χ0n) is 6.00. The van der Waals surface area contributed by atoms with Crippen LogP contribution in [0.4, 0.5) is 4.79 Å². The van der Waals surface area contributed by atoms with Crippen molar-refractivity contribution < 1.29 is 14.7 Å². The molecule has 0 aromatic rings. The van der Waals surface area contributed by atoms with E-state index in [2.05, 4.69) is 0 Å². The SMILES string of the molecule is O=C([O-])NN1CCCCC1=O. The van der Waals surface area contributed by atoms with Crippen molar-refractivity contribution in [2.45, 2.75) is 19.3 Å².